The Morgan fingerprint density at radius 3 is 2.54 bits per heavy atom. The molecule has 0 unspecified atom stereocenters. The molecular formula is C8H5BF3S-. The Morgan fingerprint density at radius 2 is 1.85 bits per heavy atom. The van der Waals surface area contributed by atoms with E-state index in [9.17, 15) is 12.9 Å². The van der Waals surface area contributed by atoms with Crippen molar-refractivity contribution in [2.24, 2.45) is 0 Å². The van der Waals surface area contributed by atoms with Crippen LogP contribution in [0.4, 0.5) is 12.9 Å². The van der Waals surface area contributed by atoms with Crippen molar-refractivity contribution in [3.8, 4) is 0 Å². The lowest BCUT2D eigenvalue weighted by molar-refractivity contribution is 0.502. The molecule has 0 aliphatic carbocycles. The summed E-state index contributed by atoms with van der Waals surface area (Å²) in [4.78, 5) is 0. The highest BCUT2D eigenvalue weighted by Gasteiger charge is 2.27. The summed E-state index contributed by atoms with van der Waals surface area (Å²) in [6, 6.07) is 5.97. The van der Waals surface area contributed by atoms with Crippen molar-refractivity contribution in [3.05, 3.63) is 29.6 Å². The van der Waals surface area contributed by atoms with Crippen LogP contribution in [0, 0.1) is 0 Å². The van der Waals surface area contributed by atoms with Gasteiger partial charge in [0.15, 0.2) is 0 Å². The van der Waals surface area contributed by atoms with E-state index >= 15 is 0 Å². The van der Waals surface area contributed by atoms with Gasteiger partial charge in [0.2, 0.25) is 0 Å². The van der Waals surface area contributed by atoms with Gasteiger partial charge in [-0.1, -0.05) is 23.7 Å². The molecule has 0 spiro atoms. The van der Waals surface area contributed by atoms with Gasteiger partial charge in [-0.25, -0.2) is 0 Å². The molecule has 13 heavy (non-hydrogen) atoms. The molecular weight excluding hydrogens is 196 g/mol. The summed E-state index contributed by atoms with van der Waals surface area (Å²) >= 11 is 1.14. The molecule has 0 saturated carbocycles. The normalized spacial score (nSPS) is 12.2. The molecule has 0 amide bonds. The second kappa shape index (κ2) is 2.77. The highest BCUT2D eigenvalue weighted by atomic mass is 32.1. The predicted octanol–water partition coefficient (Wildman–Crippen LogP) is 2.96. The van der Waals surface area contributed by atoms with Crippen molar-refractivity contribution in [2.45, 2.75) is 0 Å². The first kappa shape index (κ1) is 8.63. The molecule has 5 heteroatoms. The van der Waals surface area contributed by atoms with Crippen LogP contribution in [0.2, 0.25) is 0 Å². The first-order chi connectivity index (χ1) is 6.09. The molecule has 0 aliphatic heterocycles. The highest BCUT2D eigenvalue weighted by Crippen LogP contribution is 2.22. The largest absolute Gasteiger partial charge is 0.511 e. The lowest BCUT2D eigenvalue weighted by Gasteiger charge is -2.15. The Hall–Kier alpha value is -0.965. The maximum Gasteiger partial charge on any atom is 0.511 e. The molecule has 0 saturated heterocycles. The number of hydrogen-bond acceptors (Lipinski definition) is 1. The van der Waals surface area contributed by atoms with E-state index in [4.69, 9.17) is 0 Å². The molecule has 0 atom stereocenters. The summed E-state index contributed by atoms with van der Waals surface area (Å²) in [7, 11) is 0. The Balaban J connectivity index is 2.75. The second-order valence-electron chi connectivity index (χ2n) is 2.76. The zero-order valence-corrected chi connectivity index (χ0v) is 7.32. The summed E-state index contributed by atoms with van der Waals surface area (Å²) in [6.45, 7) is -4.88. The molecule has 0 radical (unpaired) electrons. The monoisotopic (exact) mass is 201 g/mol. The molecule has 2 aromatic rings. The van der Waals surface area contributed by atoms with E-state index in [1.165, 1.54) is 6.07 Å². The van der Waals surface area contributed by atoms with Gasteiger partial charge >= 0.3 is 6.98 Å². The fourth-order valence-corrected chi connectivity index (χ4v) is 2.23. The van der Waals surface area contributed by atoms with Gasteiger partial charge in [-0.2, -0.15) is 0 Å². The van der Waals surface area contributed by atoms with E-state index in [-0.39, 0.29) is 0 Å². The molecule has 68 valence electrons. The molecule has 1 heterocycles. The van der Waals surface area contributed by atoms with E-state index in [2.05, 4.69) is 0 Å². The summed E-state index contributed by atoms with van der Waals surface area (Å²) in [5.41, 5.74) is -0.479. The van der Waals surface area contributed by atoms with Gasteiger partial charge in [-0.3, -0.25) is 0 Å². The summed E-state index contributed by atoms with van der Waals surface area (Å²) in [5.74, 6) is 0. The van der Waals surface area contributed by atoms with Crippen LogP contribution in [-0.4, -0.2) is 6.98 Å². The van der Waals surface area contributed by atoms with Gasteiger partial charge in [0.25, 0.3) is 0 Å². The number of fused-ring (bicyclic) bond motifs is 1. The van der Waals surface area contributed by atoms with Crippen molar-refractivity contribution in [2.75, 3.05) is 0 Å². The first-order valence-corrected chi connectivity index (χ1v) is 4.63. The first-order valence-electron chi connectivity index (χ1n) is 3.75. The van der Waals surface area contributed by atoms with Gasteiger partial charge in [0, 0.05) is 4.70 Å². The average molecular weight is 201 g/mol. The Kier molecular flexibility index (Phi) is 1.84. The van der Waals surface area contributed by atoms with Gasteiger partial charge in [0.1, 0.15) is 0 Å². The standard InChI is InChI=1S/C8H5BF3S/c10-9(11,12)7-3-1-2-6-4-5-13-8(6)7/h1-5H/q-1. The molecule has 0 fully saturated rings. The van der Waals surface area contributed by atoms with Crippen LogP contribution in [0.1, 0.15) is 0 Å². The fraction of sp³-hybridized carbons (Fsp3) is 0. The summed E-state index contributed by atoms with van der Waals surface area (Å²) in [6.07, 6.45) is 0. The number of thiophene rings is 1. The second-order valence-corrected chi connectivity index (χ2v) is 3.68. The van der Waals surface area contributed by atoms with Gasteiger partial charge in [-0.15, -0.1) is 11.3 Å². The Labute approximate surface area is 77.1 Å². The van der Waals surface area contributed by atoms with Crippen molar-refractivity contribution in [1.82, 2.24) is 0 Å². The van der Waals surface area contributed by atoms with E-state index in [1.807, 2.05) is 0 Å². The molecule has 2 rings (SSSR count). The van der Waals surface area contributed by atoms with Gasteiger partial charge in [0.05, 0.1) is 0 Å². The molecule has 0 bridgehead atoms. The van der Waals surface area contributed by atoms with Gasteiger partial charge in [-0.05, 0) is 16.8 Å². The lowest BCUT2D eigenvalue weighted by Crippen LogP contribution is -2.33. The summed E-state index contributed by atoms with van der Waals surface area (Å²) < 4.78 is 37.7. The van der Waals surface area contributed by atoms with Crippen molar-refractivity contribution in [3.63, 3.8) is 0 Å². The third-order valence-electron chi connectivity index (χ3n) is 1.86. The molecule has 1 aromatic heterocycles. The number of hydrogen-bond donors (Lipinski definition) is 0. The maximum atomic E-state index is 12.5. The van der Waals surface area contributed by atoms with Crippen LogP contribution < -0.4 is 5.46 Å². The topological polar surface area (TPSA) is 0 Å². The smallest absolute Gasteiger partial charge is 0.445 e. The van der Waals surface area contributed by atoms with Crippen LogP contribution in [-0.2, 0) is 0 Å². The number of rotatable bonds is 1. The predicted molar refractivity (Wildman–Crippen MR) is 50.5 cm³/mol. The minimum Gasteiger partial charge on any atom is -0.445 e. The summed E-state index contributed by atoms with van der Waals surface area (Å²) in [5, 5.41) is 2.34. The van der Waals surface area contributed by atoms with Crippen LogP contribution in [0.15, 0.2) is 29.6 Å². The van der Waals surface area contributed by atoms with Gasteiger partial charge < -0.3 is 12.9 Å². The van der Waals surface area contributed by atoms with E-state index in [0.29, 0.717) is 10.1 Å². The third kappa shape index (κ3) is 1.44. The van der Waals surface area contributed by atoms with Crippen LogP contribution in [0.25, 0.3) is 10.1 Å². The van der Waals surface area contributed by atoms with E-state index in [1.54, 1.807) is 17.5 Å². The molecule has 1 aromatic carbocycles. The lowest BCUT2D eigenvalue weighted by atomic mass is 9.80. The van der Waals surface area contributed by atoms with Crippen molar-refractivity contribution >= 4 is 33.9 Å². The van der Waals surface area contributed by atoms with E-state index in [0.717, 1.165) is 17.4 Å². The Bertz CT molecular complexity index is 432. The number of halogens is 3. The van der Waals surface area contributed by atoms with E-state index < -0.39 is 12.4 Å². The molecule has 0 aliphatic rings. The Morgan fingerprint density at radius 1 is 1.08 bits per heavy atom. The highest BCUT2D eigenvalue weighted by molar-refractivity contribution is 7.19. The molecule has 0 nitrogen and oxygen atoms in total. The molecule has 0 N–H and O–H groups in total. The SMILES string of the molecule is F[B-](F)(F)c1cccc2ccsc12. The fourth-order valence-electron chi connectivity index (χ4n) is 1.27. The zero-order chi connectivity index (χ0) is 9.47. The van der Waals surface area contributed by atoms with Crippen molar-refractivity contribution in [1.29, 1.82) is 0 Å². The van der Waals surface area contributed by atoms with Crippen LogP contribution in [0.3, 0.4) is 0 Å². The average Bonchev–Trinajstić information content (AvgIpc) is 2.48. The van der Waals surface area contributed by atoms with Crippen LogP contribution in [0.5, 0.6) is 0 Å². The minimum atomic E-state index is -4.88. The van der Waals surface area contributed by atoms with Crippen molar-refractivity contribution < 1.29 is 12.9 Å². The van der Waals surface area contributed by atoms with Crippen LogP contribution >= 0.6 is 11.3 Å². The number of benzene rings is 1. The zero-order valence-electron chi connectivity index (χ0n) is 6.51. The third-order valence-corrected chi connectivity index (χ3v) is 2.84. The quantitative estimate of drug-likeness (QED) is 0.622. The maximum absolute atomic E-state index is 12.5. The minimum absolute atomic E-state index is 0.343.